The third-order valence-corrected chi connectivity index (χ3v) is 5.58. The van der Waals surface area contributed by atoms with E-state index in [0.717, 1.165) is 16.5 Å². The maximum atomic E-state index is 13.6. The maximum Gasteiger partial charge on any atom is 0.339 e. The Morgan fingerprint density at radius 1 is 1.11 bits per heavy atom. The first-order valence-electron chi connectivity index (χ1n) is 11.4. The number of rotatable bonds is 10. The quantitative estimate of drug-likeness (QED) is 0.270. The van der Waals surface area contributed by atoms with E-state index < -0.39 is 12.1 Å². The van der Waals surface area contributed by atoms with Gasteiger partial charge in [0.25, 0.3) is 0 Å². The van der Waals surface area contributed by atoms with E-state index in [9.17, 15) is 14.3 Å². The summed E-state index contributed by atoms with van der Waals surface area (Å²) in [6.07, 6.45) is 8.59. The SMILES string of the molecule is C#CCO[C@H](COc1ccc(OC)cc1C(=O)O)c1cccc(/C=C/c2ccc3ccc(F)cc3n2)c1. The molecule has 0 bridgehead atoms. The highest BCUT2D eigenvalue weighted by Gasteiger charge is 2.17. The molecule has 7 heteroatoms. The molecule has 3 aromatic carbocycles. The maximum absolute atomic E-state index is 13.6. The Bertz CT molecular complexity index is 1490. The van der Waals surface area contributed by atoms with E-state index in [0.29, 0.717) is 17.0 Å². The van der Waals surface area contributed by atoms with Crippen molar-refractivity contribution < 1.29 is 28.5 Å². The normalized spacial score (nSPS) is 11.8. The highest BCUT2D eigenvalue weighted by Crippen LogP contribution is 2.27. The van der Waals surface area contributed by atoms with Crippen LogP contribution in [0, 0.1) is 18.2 Å². The number of halogens is 1. The van der Waals surface area contributed by atoms with E-state index in [2.05, 4.69) is 10.9 Å². The summed E-state index contributed by atoms with van der Waals surface area (Å²) in [7, 11) is 1.46. The van der Waals surface area contributed by atoms with Crippen LogP contribution in [0.1, 0.15) is 33.3 Å². The van der Waals surface area contributed by atoms with E-state index in [1.54, 1.807) is 18.2 Å². The molecule has 1 atom stereocenters. The number of hydrogen-bond acceptors (Lipinski definition) is 5. The lowest BCUT2D eigenvalue weighted by Gasteiger charge is -2.19. The van der Waals surface area contributed by atoms with Crippen LogP contribution in [0.25, 0.3) is 23.1 Å². The van der Waals surface area contributed by atoms with Gasteiger partial charge in [-0.25, -0.2) is 14.2 Å². The number of carbonyl (C=O) groups is 1. The van der Waals surface area contributed by atoms with E-state index >= 15 is 0 Å². The number of aromatic nitrogens is 1. The molecule has 4 rings (SSSR count). The lowest BCUT2D eigenvalue weighted by molar-refractivity contribution is 0.0375. The number of methoxy groups -OCH3 is 1. The summed E-state index contributed by atoms with van der Waals surface area (Å²) in [5, 5.41) is 10.4. The van der Waals surface area contributed by atoms with Crippen molar-refractivity contribution in [1.82, 2.24) is 4.98 Å². The summed E-state index contributed by atoms with van der Waals surface area (Å²) in [5.74, 6) is 1.59. The Balaban J connectivity index is 1.54. The Morgan fingerprint density at radius 2 is 1.95 bits per heavy atom. The molecule has 1 aromatic heterocycles. The van der Waals surface area contributed by atoms with Crippen LogP contribution in [0.5, 0.6) is 11.5 Å². The van der Waals surface area contributed by atoms with E-state index in [-0.39, 0.29) is 30.3 Å². The molecule has 0 radical (unpaired) electrons. The van der Waals surface area contributed by atoms with Gasteiger partial charge < -0.3 is 19.3 Å². The monoisotopic (exact) mass is 497 g/mol. The van der Waals surface area contributed by atoms with Gasteiger partial charge in [-0.15, -0.1) is 6.42 Å². The van der Waals surface area contributed by atoms with Gasteiger partial charge in [-0.2, -0.15) is 0 Å². The molecule has 0 unspecified atom stereocenters. The van der Waals surface area contributed by atoms with Crippen LogP contribution < -0.4 is 9.47 Å². The molecule has 0 spiro atoms. The van der Waals surface area contributed by atoms with Gasteiger partial charge in [0.15, 0.2) is 0 Å². The minimum Gasteiger partial charge on any atom is -0.497 e. The zero-order valence-corrected chi connectivity index (χ0v) is 20.1. The van der Waals surface area contributed by atoms with Crippen LogP contribution in [0.15, 0.2) is 72.8 Å². The van der Waals surface area contributed by atoms with Gasteiger partial charge in [0.2, 0.25) is 0 Å². The number of terminal acetylenes is 1. The van der Waals surface area contributed by atoms with E-state index in [4.69, 9.17) is 20.6 Å². The summed E-state index contributed by atoms with van der Waals surface area (Å²) < 4.78 is 30.3. The molecule has 1 heterocycles. The predicted molar refractivity (Wildman–Crippen MR) is 140 cm³/mol. The van der Waals surface area contributed by atoms with Crippen molar-refractivity contribution >= 4 is 29.0 Å². The van der Waals surface area contributed by atoms with E-state index in [1.165, 1.54) is 25.3 Å². The highest BCUT2D eigenvalue weighted by atomic mass is 19.1. The number of carboxylic acid groups (broad SMARTS) is 1. The highest BCUT2D eigenvalue weighted by molar-refractivity contribution is 5.91. The molecule has 0 fully saturated rings. The number of ether oxygens (including phenoxy) is 3. The number of benzene rings is 3. The summed E-state index contributed by atoms with van der Waals surface area (Å²) in [5.41, 5.74) is 2.93. The average molecular weight is 498 g/mol. The summed E-state index contributed by atoms with van der Waals surface area (Å²) >= 11 is 0. The number of carboxylic acids is 1. The van der Waals surface area contributed by atoms with Gasteiger partial charge in [0.05, 0.1) is 18.3 Å². The topological polar surface area (TPSA) is 77.9 Å². The van der Waals surface area contributed by atoms with Crippen LogP contribution in [-0.2, 0) is 4.74 Å². The molecule has 0 aliphatic heterocycles. The smallest absolute Gasteiger partial charge is 0.339 e. The average Bonchev–Trinajstić information content (AvgIpc) is 2.91. The molecule has 0 saturated carbocycles. The third-order valence-electron chi connectivity index (χ3n) is 5.58. The summed E-state index contributed by atoms with van der Waals surface area (Å²) in [4.78, 5) is 16.2. The molecule has 1 N–H and O–H groups in total. The zero-order chi connectivity index (χ0) is 26.2. The lowest BCUT2D eigenvalue weighted by atomic mass is 10.1. The van der Waals surface area contributed by atoms with Crippen molar-refractivity contribution in [2.24, 2.45) is 0 Å². The van der Waals surface area contributed by atoms with Crippen molar-refractivity contribution in [1.29, 1.82) is 0 Å². The van der Waals surface area contributed by atoms with Crippen LogP contribution >= 0.6 is 0 Å². The second-order valence-electron chi connectivity index (χ2n) is 8.06. The molecule has 186 valence electrons. The third kappa shape index (κ3) is 6.51. The summed E-state index contributed by atoms with van der Waals surface area (Å²) in [6.45, 7) is 0.0965. The first-order valence-corrected chi connectivity index (χ1v) is 11.4. The van der Waals surface area contributed by atoms with Gasteiger partial charge in [0, 0.05) is 11.5 Å². The molecular weight excluding hydrogens is 473 g/mol. The molecular formula is C30H24FNO5. The molecule has 0 aliphatic carbocycles. The van der Waals surface area contributed by atoms with Gasteiger partial charge in [-0.3, -0.25) is 0 Å². The van der Waals surface area contributed by atoms with Crippen LogP contribution in [0.2, 0.25) is 0 Å². The number of pyridine rings is 1. The lowest BCUT2D eigenvalue weighted by Crippen LogP contribution is -2.16. The fourth-order valence-electron chi connectivity index (χ4n) is 3.73. The van der Waals surface area contributed by atoms with Gasteiger partial charge in [-0.1, -0.05) is 36.3 Å². The van der Waals surface area contributed by atoms with Gasteiger partial charge in [0.1, 0.15) is 42.2 Å². The molecule has 0 saturated heterocycles. The minimum atomic E-state index is -1.13. The second-order valence-corrected chi connectivity index (χ2v) is 8.06. The number of hydrogen-bond donors (Lipinski definition) is 1. The van der Waals surface area contributed by atoms with E-state index in [1.807, 2.05) is 48.6 Å². The zero-order valence-electron chi connectivity index (χ0n) is 20.1. The Morgan fingerprint density at radius 3 is 2.73 bits per heavy atom. The van der Waals surface area contributed by atoms with Crippen molar-refractivity contribution in [3.8, 4) is 23.8 Å². The molecule has 6 nitrogen and oxygen atoms in total. The van der Waals surface area contributed by atoms with Crippen LogP contribution in [-0.4, -0.2) is 36.4 Å². The standard InChI is InChI=1S/C30H24FNO5/c1-3-15-36-29(19-37-28-14-13-25(35-2)18-26(28)30(33)34)22-6-4-5-20(16-22)7-11-24-12-9-21-8-10-23(31)17-27(21)32-24/h1,4-14,16-18,29H,15,19H2,2H3,(H,33,34)/b11-7+/t29-/m1/s1. The fourth-order valence-corrected chi connectivity index (χ4v) is 3.73. The number of nitrogens with zero attached hydrogens (tertiary/aromatic N) is 1. The number of fused-ring (bicyclic) bond motifs is 1. The van der Waals surface area contributed by atoms with Gasteiger partial charge >= 0.3 is 5.97 Å². The van der Waals surface area contributed by atoms with Crippen molar-refractivity contribution in [2.45, 2.75) is 6.10 Å². The molecule has 0 amide bonds. The second kappa shape index (κ2) is 11.8. The Kier molecular flexibility index (Phi) is 8.14. The van der Waals surface area contributed by atoms with Crippen molar-refractivity contribution in [2.75, 3.05) is 20.3 Å². The van der Waals surface area contributed by atoms with Crippen molar-refractivity contribution in [3.05, 3.63) is 101 Å². The Labute approximate surface area is 214 Å². The molecule has 0 aliphatic rings. The predicted octanol–water partition coefficient (Wildman–Crippen LogP) is 6.02. The molecule has 37 heavy (non-hydrogen) atoms. The van der Waals surface area contributed by atoms with Crippen LogP contribution in [0.3, 0.4) is 0 Å². The molecule has 4 aromatic rings. The first-order chi connectivity index (χ1) is 18.0. The van der Waals surface area contributed by atoms with Crippen molar-refractivity contribution in [3.63, 3.8) is 0 Å². The summed E-state index contributed by atoms with van der Waals surface area (Å²) in [6, 6.07) is 20.4. The fraction of sp³-hybridized carbons (Fsp3) is 0.133. The minimum absolute atomic E-state index is 0.0190. The Hall–Kier alpha value is -4.67. The van der Waals surface area contributed by atoms with Crippen LogP contribution in [0.4, 0.5) is 4.39 Å². The largest absolute Gasteiger partial charge is 0.497 e. The first kappa shape index (κ1) is 25.4. The number of aromatic carboxylic acids is 1. The van der Waals surface area contributed by atoms with Gasteiger partial charge in [-0.05, 0) is 59.7 Å².